The lowest BCUT2D eigenvalue weighted by molar-refractivity contribution is 0.473. The Hall–Kier alpha value is -2.21. The van der Waals surface area contributed by atoms with Gasteiger partial charge in [0.15, 0.2) is 5.01 Å². The Balaban J connectivity index is 1.82. The molecule has 0 saturated carbocycles. The third-order valence-electron chi connectivity index (χ3n) is 2.10. The molecule has 84 valence electrons. The van der Waals surface area contributed by atoms with Crippen molar-refractivity contribution in [1.29, 1.82) is 0 Å². The molecular weight excluding hydrogens is 236 g/mol. The normalized spacial score (nSPS) is 10.4. The van der Waals surface area contributed by atoms with Crippen LogP contribution in [0.1, 0.15) is 0 Å². The van der Waals surface area contributed by atoms with Crippen LogP contribution in [0, 0.1) is 0 Å². The largest absolute Gasteiger partial charge is 0.430 e. The monoisotopic (exact) mass is 244 g/mol. The molecule has 6 heteroatoms. The zero-order chi connectivity index (χ0) is 11.5. The smallest absolute Gasteiger partial charge is 0.299 e. The molecule has 2 aromatic heterocycles. The molecule has 0 atom stereocenters. The number of rotatable bonds is 3. The number of aromatic nitrogens is 4. The molecule has 2 heterocycles. The highest BCUT2D eigenvalue weighted by Crippen LogP contribution is 2.29. The van der Waals surface area contributed by atoms with Gasteiger partial charge >= 0.3 is 0 Å². The minimum atomic E-state index is 0.521. The predicted octanol–water partition coefficient (Wildman–Crippen LogP) is 2.72. The van der Waals surface area contributed by atoms with Crippen LogP contribution in [-0.4, -0.2) is 20.4 Å². The van der Waals surface area contributed by atoms with E-state index in [4.69, 9.17) is 4.74 Å². The standard InChI is InChI=1S/C11H8N4OS/c1-2-4-9(5-3-1)16-11-15-14-10(17-11)8-6-12-13-7-8/h1-7H,(H,12,13). The van der Waals surface area contributed by atoms with Crippen molar-refractivity contribution in [2.45, 2.75) is 0 Å². The molecule has 5 nitrogen and oxygen atoms in total. The van der Waals surface area contributed by atoms with Gasteiger partial charge in [0.25, 0.3) is 5.19 Å². The van der Waals surface area contributed by atoms with E-state index in [0.29, 0.717) is 5.19 Å². The molecule has 1 aromatic carbocycles. The maximum atomic E-state index is 5.57. The first kappa shape index (κ1) is 9.98. The Bertz CT molecular complexity index is 591. The minimum absolute atomic E-state index is 0.521. The van der Waals surface area contributed by atoms with Crippen molar-refractivity contribution >= 4 is 11.3 Å². The van der Waals surface area contributed by atoms with Crippen molar-refractivity contribution in [3.05, 3.63) is 42.7 Å². The van der Waals surface area contributed by atoms with Crippen molar-refractivity contribution in [3.8, 4) is 21.5 Å². The van der Waals surface area contributed by atoms with Crippen LogP contribution in [0.3, 0.4) is 0 Å². The molecule has 0 amide bonds. The van der Waals surface area contributed by atoms with Gasteiger partial charge in [-0.1, -0.05) is 34.6 Å². The van der Waals surface area contributed by atoms with Gasteiger partial charge in [0, 0.05) is 6.20 Å². The third-order valence-corrected chi connectivity index (χ3v) is 2.95. The molecule has 0 aliphatic carbocycles. The van der Waals surface area contributed by atoms with Gasteiger partial charge in [-0.05, 0) is 12.1 Å². The SMILES string of the molecule is c1ccc(Oc2nnc(-c3cn[nH]c3)s2)cc1. The lowest BCUT2D eigenvalue weighted by Gasteiger charge is -1.98. The molecule has 0 radical (unpaired) electrons. The van der Waals surface area contributed by atoms with E-state index in [1.165, 1.54) is 11.3 Å². The number of benzene rings is 1. The number of nitrogens with one attached hydrogen (secondary N) is 1. The van der Waals surface area contributed by atoms with Crippen LogP contribution < -0.4 is 4.74 Å². The van der Waals surface area contributed by atoms with Crippen LogP contribution in [-0.2, 0) is 0 Å². The molecule has 0 fully saturated rings. The molecule has 0 aliphatic rings. The minimum Gasteiger partial charge on any atom is -0.430 e. The molecule has 0 unspecified atom stereocenters. The summed E-state index contributed by atoms with van der Waals surface area (Å²) in [5.74, 6) is 0.752. The lowest BCUT2D eigenvalue weighted by atomic mass is 10.3. The van der Waals surface area contributed by atoms with Gasteiger partial charge in [-0.2, -0.15) is 5.10 Å². The first-order valence-corrected chi connectivity index (χ1v) is 5.79. The summed E-state index contributed by atoms with van der Waals surface area (Å²) in [6.07, 6.45) is 3.47. The number of ether oxygens (including phenoxy) is 1. The van der Waals surface area contributed by atoms with Gasteiger partial charge < -0.3 is 4.74 Å². The molecule has 17 heavy (non-hydrogen) atoms. The zero-order valence-electron chi connectivity index (χ0n) is 8.70. The van der Waals surface area contributed by atoms with Crippen LogP contribution in [0.25, 0.3) is 10.6 Å². The molecule has 0 aliphatic heterocycles. The summed E-state index contributed by atoms with van der Waals surface area (Å²) in [5.41, 5.74) is 0.908. The zero-order valence-corrected chi connectivity index (χ0v) is 9.52. The number of hydrogen-bond acceptors (Lipinski definition) is 5. The second kappa shape index (κ2) is 4.34. The van der Waals surface area contributed by atoms with Crippen molar-refractivity contribution in [2.24, 2.45) is 0 Å². The molecule has 3 rings (SSSR count). The summed E-state index contributed by atoms with van der Waals surface area (Å²) in [5, 5.41) is 15.9. The maximum absolute atomic E-state index is 5.57. The van der Waals surface area contributed by atoms with Gasteiger partial charge in [-0.3, -0.25) is 5.10 Å². The van der Waals surface area contributed by atoms with Gasteiger partial charge in [0.1, 0.15) is 5.75 Å². The van der Waals surface area contributed by atoms with Crippen LogP contribution in [0.5, 0.6) is 10.9 Å². The molecule has 0 bridgehead atoms. The highest BCUT2D eigenvalue weighted by Gasteiger charge is 2.08. The summed E-state index contributed by atoms with van der Waals surface area (Å²) in [6, 6.07) is 9.50. The Morgan fingerprint density at radius 2 is 2.00 bits per heavy atom. The Morgan fingerprint density at radius 3 is 2.76 bits per heavy atom. The Morgan fingerprint density at radius 1 is 1.12 bits per heavy atom. The number of aromatic amines is 1. The van der Waals surface area contributed by atoms with Crippen LogP contribution in [0.2, 0.25) is 0 Å². The Labute approximate surface area is 101 Å². The first-order valence-electron chi connectivity index (χ1n) is 4.97. The van der Waals surface area contributed by atoms with Gasteiger partial charge in [0.2, 0.25) is 0 Å². The first-order chi connectivity index (χ1) is 8.42. The van der Waals surface area contributed by atoms with E-state index in [1.807, 2.05) is 30.3 Å². The molecule has 0 spiro atoms. The lowest BCUT2D eigenvalue weighted by Crippen LogP contribution is -1.81. The van der Waals surface area contributed by atoms with E-state index in [2.05, 4.69) is 20.4 Å². The summed E-state index contributed by atoms with van der Waals surface area (Å²) in [7, 11) is 0. The quantitative estimate of drug-likeness (QED) is 0.769. The average Bonchev–Trinajstić information content (AvgIpc) is 3.00. The molecule has 0 saturated heterocycles. The van der Waals surface area contributed by atoms with Gasteiger partial charge in [0.05, 0.1) is 11.8 Å². The number of H-pyrrole nitrogens is 1. The fourth-order valence-corrected chi connectivity index (χ4v) is 2.02. The van der Waals surface area contributed by atoms with E-state index in [9.17, 15) is 0 Å². The van der Waals surface area contributed by atoms with Gasteiger partial charge in [-0.25, -0.2) is 0 Å². The van der Waals surface area contributed by atoms with Crippen molar-refractivity contribution in [3.63, 3.8) is 0 Å². The fourth-order valence-electron chi connectivity index (χ4n) is 1.32. The van der Waals surface area contributed by atoms with Gasteiger partial charge in [-0.15, -0.1) is 5.10 Å². The highest BCUT2D eigenvalue weighted by atomic mass is 32.1. The van der Waals surface area contributed by atoms with Crippen molar-refractivity contribution in [1.82, 2.24) is 20.4 Å². The van der Waals surface area contributed by atoms with Crippen molar-refractivity contribution in [2.75, 3.05) is 0 Å². The second-order valence-corrected chi connectivity index (χ2v) is 4.22. The topological polar surface area (TPSA) is 63.7 Å². The number of para-hydroxylation sites is 1. The van der Waals surface area contributed by atoms with Crippen molar-refractivity contribution < 1.29 is 4.74 Å². The van der Waals surface area contributed by atoms with E-state index < -0.39 is 0 Å². The molecular formula is C11H8N4OS. The number of nitrogens with zero attached hydrogens (tertiary/aromatic N) is 3. The average molecular weight is 244 g/mol. The van der Waals surface area contributed by atoms with Crippen LogP contribution >= 0.6 is 11.3 Å². The summed E-state index contributed by atoms with van der Waals surface area (Å²) in [6.45, 7) is 0. The maximum Gasteiger partial charge on any atom is 0.299 e. The second-order valence-electron chi connectivity index (χ2n) is 3.28. The summed E-state index contributed by atoms with van der Waals surface area (Å²) < 4.78 is 5.57. The molecule has 3 aromatic rings. The van der Waals surface area contributed by atoms with Crippen LogP contribution in [0.15, 0.2) is 42.7 Å². The molecule has 1 N–H and O–H groups in total. The third kappa shape index (κ3) is 2.16. The Kier molecular flexibility index (Phi) is 2.55. The summed E-state index contributed by atoms with van der Waals surface area (Å²) >= 11 is 1.38. The van der Waals surface area contributed by atoms with Crippen LogP contribution in [0.4, 0.5) is 0 Å². The van der Waals surface area contributed by atoms with E-state index in [1.54, 1.807) is 12.4 Å². The van der Waals surface area contributed by atoms with E-state index >= 15 is 0 Å². The predicted molar refractivity (Wildman–Crippen MR) is 64.0 cm³/mol. The number of hydrogen-bond donors (Lipinski definition) is 1. The van der Waals surface area contributed by atoms with E-state index in [0.717, 1.165) is 16.3 Å². The summed E-state index contributed by atoms with van der Waals surface area (Å²) in [4.78, 5) is 0. The van der Waals surface area contributed by atoms with E-state index in [-0.39, 0.29) is 0 Å². The highest BCUT2D eigenvalue weighted by molar-refractivity contribution is 7.16. The fraction of sp³-hybridized carbons (Fsp3) is 0.